The van der Waals surface area contributed by atoms with E-state index in [-0.39, 0.29) is 5.41 Å². The minimum absolute atomic E-state index is 0.0463. The number of carboxylic acids is 1. The van der Waals surface area contributed by atoms with Crippen molar-refractivity contribution in [3.63, 3.8) is 0 Å². The molecule has 1 heterocycles. The largest absolute Gasteiger partial charge is 0.478 e. The van der Waals surface area contributed by atoms with Gasteiger partial charge in [0.1, 0.15) is 0 Å². The Balaban J connectivity index is 2.18. The molecule has 0 saturated heterocycles. The van der Waals surface area contributed by atoms with E-state index in [1.807, 2.05) is 30.3 Å². The lowest BCUT2D eigenvalue weighted by Crippen LogP contribution is -2.11. The zero-order chi connectivity index (χ0) is 19.1. The highest BCUT2D eigenvalue weighted by atomic mass is 16.4. The monoisotopic (exact) mass is 347 g/mol. The Bertz CT molecular complexity index is 964. The van der Waals surface area contributed by atoms with Crippen molar-refractivity contribution in [2.45, 2.75) is 46.0 Å². The van der Waals surface area contributed by atoms with Crippen molar-refractivity contribution in [1.29, 1.82) is 0 Å². The molecule has 0 spiro atoms. The third kappa shape index (κ3) is 3.48. The second-order valence-corrected chi connectivity index (χ2v) is 8.12. The van der Waals surface area contributed by atoms with Gasteiger partial charge in [-0.1, -0.05) is 65.0 Å². The first-order chi connectivity index (χ1) is 12.2. The fourth-order valence-electron chi connectivity index (χ4n) is 3.06. The number of hydrogen-bond acceptors (Lipinski definition) is 2. The van der Waals surface area contributed by atoms with Crippen LogP contribution >= 0.6 is 0 Å². The first kappa shape index (κ1) is 18.1. The van der Waals surface area contributed by atoms with Crippen LogP contribution in [0.5, 0.6) is 0 Å². The van der Waals surface area contributed by atoms with Crippen molar-refractivity contribution in [3.8, 4) is 11.3 Å². The lowest BCUT2D eigenvalue weighted by molar-refractivity contribution is 0.0699. The van der Waals surface area contributed by atoms with E-state index in [0.29, 0.717) is 28.1 Å². The molecular formula is C23H25NO2. The first-order valence-electron chi connectivity index (χ1n) is 8.96. The summed E-state index contributed by atoms with van der Waals surface area (Å²) in [7, 11) is 0. The Kier molecular flexibility index (Phi) is 4.57. The van der Waals surface area contributed by atoms with Crippen molar-refractivity contribution in [3.05, 3.63) is 65.2 Å². The zero-order valence-corrected chi connectivity index (χ0v) is 16.0. The lowest BCUT2D eigenvalue weighted by Gasteiger charge is -2.20. The van der Waals surface area contributed by atoms with Gasteiger partial charge in [0.05, 0.1) is 16.8 Å². The number of fused-ring (bicyclic) bond motifs is 1. The quantitative estimate of drug-likeness (QED) is 0.630. The first-order valence-corrected chi connectivity index (χ1v) is 8.96. The third-order valence-electron chi connectivity index (χ3n) is 4.78. The maximum atomic E-state index is 11.9. The number of benzene rings is 2. The van der Waals surface area contributed by atoms with E-state index in [1.165, 1.54) is 5.56 Å². The van der Waals surface area contributed by atoms with Gasteiger partial charge in [0.15, 0.2) is 0 Å². The van der Waals surface area contributed by atoms with Crippen LogP contribution in [0.2, 0.25) is 0 Å². The van der Waals surface area contributed by atoms with E-state index in [1.54, 1.807) is 6.07 Å². The minimum Gasteiger partial charge on any atom is -0.478 e. The van der Waals surface area contributed by atoms with E-state index < -0.39 is 5.97 Å². The standard InChI is InChI=1S/C23H25NO2/c1-14(2)15-6-8-16(9-7-15)21-13-19(22(25)26)18-12-17(23(3,4)5)10-11-20(18)24-21/h6-14H,1-5H3,(H,25,26). The Morgan fingerprint density at radius 3 is 2.19 bits per heavy atom. The van der Waals surface area contributed by atoms with Crippen molar-refractivity contribution < 1.29 is 9.90 Å². The molecule has 1 aromatic heterocycles. The molecule has 0 unspecified atom stereocenters. The molecule has 0 aliphatic rings. The molecule has 0 aliphatic carbocycles. The van der Waals surface area contributed by atoms with Gasteiger partial charge in [-0.15, -0.1) is 0 Å². The van der Waals surface area contributed by atoms with E-state index in [2.05, 4.69) is 46.8 Å². The fourth-order valence-corrected chi connectivity index (χ4v) is 3.06. The maximum absolute atomic E-state index is 11.9. The summed E-state index contributed by atoms with van der Waals surface area (Å²) in [5.41, 5.74) is 4.93. The molecule has 0 aliphatic heterocycles. The number of pyridine rings is 1. The van der Waals surface area contributed by atoms with Crippen molar-refractivity contribution in [2.24, 2.45) is 0 Å². The summed E-state index contributed by atoms with van der Waals surface area (Å²) in [5, 5.41) is 10.4. The molecule has 0 radical (unpaired) electrons. The predicted octanol–water partition coefficient (Wildman–Crippen LogP) is 6.02. The van der Waals surface area contributed by atoms with Gasteiger partial charge in [0.25, 0.3) is 0 Å². The third-order valence-corrected chi connectivity index (χ3v) is 4.78. The van der Waals surface area contributed by atoms with E-state index >= 15 is 0 Å². The van der Waals surface area contributed by atoms with Gasteiger partial charge in [-0.05, 0) is 40.7 Å². The summed E-state index contributed by atoms with van der Waals surface area (Å²) >= 11 is 0. The van der Waals surface area contributed by atoms with Crippen LogP contribution in [0.1, 0.15) is 62.0 Å². The highest BCUT2D eigenvalue weighted by Gasteiger charge is 2.18. The Morgan fingerprint density at radius 2 is 1.65 bits per heavy atom. The summed E-state index contributed by atoms with van der Waals surface area (Å²) in [6, 6.07) is 15.8. The lowest BCUT2D eigenvalue weighted by atomic mass is 9.86. The van der Waals surface area contributed by atoms with E-state index in [9.17, 15) is 9.90 Å². The van der Waals surface area contributed by atoms with Crippen LogP contribution in [0.25, 0.3) is 22.2 Å². The SMILES string of the molecule is CC(C)c1ccc(-c2cc(C(=O)O)c3cc(C(C)(C)C)ccc3n2)cc1. The molecule has 0 amide bonds. The average Bonchev–Trinajstić information content (AvgIpc) is 2.59. The molecular weight excluding hydrogens is 322 g/mol. The molecule has 3 rings (SSSR count). The summed E-state index contributed by atoms with van der Waals surface area (Å²) in [6.45, 7) is 10.7. The predicted molar refractivity (Wildman–Crippen MR) is 107 cm³/mol. The highest BCUT2D eigenvalue weighted by molar-refractivity contribution is 6.04. The van der Waals surface area contributed by atoms with Gasteiger partial charge in [-0.25, -0.2) is 9.78 Å². The average molecular weight is 347 g/mol. The number of aromatic nitrogens is 1. The molecule has 134 valence electrons. The van der Waals surface area contributed by atoms with Gasteiger partial charge < -0.3 is 5.11 Å². The van der Waals surface area contributed by atoms with Crippen LogP contribution < -0.4 is 0 Å². The molecule has 0 saturated carbocycles. The normalized spacial score (nSPS) is 11.9. The Hall–Kier alpha value is -2.68. The van der Waals surface area contributed by atoms with Crippen LogP contribution in [0.15, 0.2) is 48.5 Å². The zero-order valence-electron chi connectivity index (χ0n) is 16.0. The Labute approximate surface area is 154 Å². The maximum Gasteiger partial charge on any atom is 0.336 e. The molecule has 1 N–H and O–H groups in total. The molecule has 0 fully saturated rings. The van der Waals surface area contributed by atoms with Gasteiger partial charge in [-0.2, -0.15) is 0 Å². The molecule has 3 heteroatoms. The van der Waals surface area contributed by atoms with Crippen LogP contribution in [0.4, 0.5) is 0 Å². The van der Waals surface area contributed by atoms with Gasteiger partial charge in [0.2, 0.25) is 0 Å². The van der Waals surface area contributed by atoms with E-state index in [0.717, 1.165) is 11.1 Å². The van der Waals surface area contributed by atoms with Gasteiger partial charge in [-0.3, -0.25) is 0 Å². The molecule has 3 nitrogen and oxygen atoms in total. The molecule has 3 aromatic rings. The number of rotatable bonds is 3. The molecule has 0 bridgehead atoms. The fraction of sp³-hybridized carbons (Fsp3) is 0.304. The summed E-state index contributed by atoms with van der Waals surface area (Å²) < 4.78 is 0. The number of hydrogen-bond donors (Lipinski definition) is 1. The summed E-state index contributed by atoms with van der Waals surface area (Å²) in [4.78, 5) is 16.6. The van der Waals surface area contributed by atoms with Crippen LogP contribution in [-0.2, 0) is 5.41 Å². The summed E-state index contributed by atoms with van der Waals surface area (Å²) in [6.07, 6.45) is 0. The summed E-state index contributed by atoms with van der Waals surface area (Å²) in [5.74, 6) is -0.470. The highest BCUT2D eigenvalue weighted by Crippen LogP contribution is 2.30. The van der Waals surface area contributed by atoms with Crippen molar-refractivity contribution in [2.75, 3.05) is 0 Å². The van der Waals surface area contributed by atoms with Crippen LogP contribution in [-0.4, -0.2) is 16.1 Å². The smallest absolute Gasteiger partial charge is 0.336 e. The number of carbonyl (C=O) groups is 1. The number of carboxylic acid groups (broad SMARTS) is 1. The molecule has 0 atom stereocenters. The minimum atomic E-state index is -0.927. The second kappa shape index (κ2) is 6.56. The van der Waals surface area contributed by atoms with Crippen LogP contribution in [0.3, 0.4) is 0 Å². The topological polar surface area (TPSA) is 50.2 Å². The second-order valence-electron chi connectivity index (χ2n) is 8.12. The van der Waals surface area contributed by atoms with Gasteiger partial charge >= 0.3 is 5.97 Å². The van der Waals surface area contributed by atoms with Gasteiger partial charge in [0, 0.05) is 10.9 Å². The Morgan fingerprint density at radius 1 is 1.00 bits per heavy atom. The van der Waals surface area contributed by atoms with Crippen LogP contribution in [0, 0.1) is 0 Å². The van der Waals surface area contributed by atoms with E-state index in [4.69, 9.17) is 4.98 Å². The van der Waals surface area contributed by atoms with Crippen molar-refractivity contribution in [1.82, 2.24) is 4.98 Å². The van der Waals surface area contributed by atoms with Crippen molar-refractivity contribution >= 4 is 16.9 Å². The number of aromatic carboxylic acids is 1. The molecule has 2 aromatic carbocycles. The number of nitrogens with zero attached hydrogens (tertiary/aromatic N) is 1. The molecule has 26 heavy (non-hydrogen) atoms.